The van der Waals surface area contributed by atoms with Gasteiger partial charge in [0.1, 0.15) is 0 Å². The van der Waals surface area contributed by atoms with E-state index in [1.165, 1.54) is 57.8 Å². The van der Waals surface area contributed by atoms with E-state index in [0.717, 1.165) is 6.42 Å². The van der Waals surface area contributed by atoms with Gasteiger partial charge < -0.3 is 0 Å². The van der Waals surface area contributed by atoms with Crippen LogP contribution >= 0.6 is 21.6 Å². The maximum Gasteiger partial charge on any atom is 0.0905 e. The quantitative estimate of drug-likeness (QED) is 0.229. The number of rotatable bonds is 14. The van der Waals surface area contributed by atoms with Crippen LogP contribution in [0.4, 0.5) is 4.39 Å². The molecule has 0 aromatic rings. The molecule has 0 saturated heterocycles. The van der Waals surface area contributed by atoms with E-state index in [0.29, 0.717) is 11.2 Å². The van der Waals surface area contributed by atoms with Crippen molar-refractivity contribution >= 4 is 21.6 Å². The van der Waals surface area contributed by atoms with Gasteiger partial charge in [0.05, 0.1) is 6.67 Å². The molecule has 0 bridgehead atoms. The average molecular weight is 351 g/mol. The fourth-order valence-corrected chi connectivity index (χ4v) is 5.71. The molecular weight excluding hydrogens is 311 g/mol. The molecule has 22 heavy (non-hydrogen) atoms. The third-order valence-electron chi connectivity index (χ3n) is 3.95. The number of alkyl halides is 1. The first-order valence-electron chi connectivity index (χ1n) is 9.35. The Morgan fingerprint density at radius 1 is 0.818 bits per heavy atom. The third kappa shape index (κ3) is 13.1. The molecule has 1 unspecified atom stereocenters. The summed E-state index contributed by atoms with van der Waals surface area (Å²) in [6, 6.07) is 0. The molecule has 0 nitrogen and oxygen atoms in total. The Bertz CT molecular complexity index is 238. The van der Waals surface area contributed by atoms with Crippen LogP contribution in [0, 0.1) is 5.92 Å². The van der Waals surface area contributed by atoms with E-state index in [2.05, 4.69) is 34.6 Å². The van der Waals surface area contributed by atoms with Gasteiger partial charge in [-0.15, -0.1) is 0 Å². The van der Waals surface area contributed by atoms with Crippen molar-refractivity contribution in [1.29, 1.82) is 0 Å². The highest BCUT2D eigenvalue weighted by atomic mass is 33.1. The minimum atomic E-state index is -0.165. The number of hydrogen-bond acceptors (Lipinski definition) is 2. The minimum absolute atomic E-state index is 0.165. The summed E-state index contributed by atoms with van der Waals surface area (Å²) in [7, 11) is 3.90. The maximum absolute atomic E-state index is 13.0. The van der Waals surface area contributed by atoms with Gasteiger partial charge in [0, 0.05) is 10.00 Å². The fourth-order valence-electron chi connectivity index (χ4n) is 2.68. The molecule has 2 atom stereocenters. The highest BCUT2D eigenvalue weighted by molar-refractivity contribution is 8.77. The third-order valence-corrected chi connectivity index (χ3v) is 7.94. The van der Waals surface area contributed by atoms with Crippen LogP contribution in [0.1, 0.15) is 98.8 Å². The summed E-state index contributed by atoms with van der Waals surface area (Å²) in [5.74, 6) is 0.707. The molecule has 0 saturated carbocycles. The van der Waals surface area contributed by atoms with Crippen molar-refractivity contribution in [3.05, 3.63) is 0 Å². The molecule has 0 aliphatic heterocycles. The van der Waals surface area contributed by atoms with Gasteiger partial charge in [-0.25, -0.2) is 0 Å². The van der Waals surface area contributed by atoms with E-state index in [4.69, 9.17) is 0 Å². The van der Waals surface area contributed by atoms with Gasteiger partial charge in [-0.05, 0) is 25.2 Å². The van der Waals surface area contributed by atoms with E-state index >= 15 is 0 Å². The maximum atomic E-state index is 13.0. The molecule has 0 spiro atoms. The number of unbranched alkanes of at least 4 members (excludes halogenated alkanes) is 5. The zero-order valence-electron chi connectivity index (χ0n) is 15.6. The Morgan fingerprint density at radius 2 is 1.36 bits per heavy atom. The van der Waals surface area contributed by atoms with E-state index in [-0.39, 0.29) is 11.4 Å². The second kappa shape index (κ2) is 14.0. The minimum Gasteiger partial charge on any atom is -0.251 e. The molecule has 0 amide bonds. The van der Waals surface area contributed by atoms with Crippen molar-refractivity contribution < 1.29 is 4.39 Å². The van der Waals surface area contributed by atoms with Gasteiger partial charge >= 0.3 is 0 Å². The lowest BCUT2D eigenvalue weighted by molar-refractivity contribution is 0.360. The van der Waals surface area contributed by atoms with Gasteiger partial charge in [-0.1, -0.05) is 101 Å². The second-order valence-corrected chi connectivity index (χ2v) is 10.7. The smallest absolute Gasteiger partial charge is 0.0905 e. The first-order chi connectivity index (χ1) is 10.4. The molecule has 0 fully saturated rings. The Kier molecular flexibility index (Phi) is 14.4. The SMILES string of the molecule is CCCCCCC(CCCCC)[C@H](CCF)SSC(C)(C)C. The summed E-state index contributed by atoms with van der Waals surface area (Å²) >= 11 is 0. The lowest BCUT2D eigenvalue weighted by atomic mass is 9.90. The molecule has 3 heteroatoms. The molecule has 0 rings (SSSR count). The van der Waals surface area contributed by atoms with Gasteiger partial charge in [0.25, 0.3) is 0 Å². The summed E-state index contributed by atoms with van der Waals surface area (Å²) in [6.07, 6.45) is 12.6. The summed E-state index contributed by atoms with van der Waals surface area (Å²) in [6.45, 7) is 11.1. The fraction of sp³-hybridized carbons (Fsp3) is 1.00. The van der Waals surface area contributed by atoms with Crippen LogP contribution in [0.2, 0.25) is 0 Å². The van der Waals surface area contributed by atoms with Crippen molar-refractivity contribution in [3.8, 4) is 0 Å². The molecule has 0 aliphatic rings. The zero-order valence-corrected chi connectivity index (χ0v) is 17.3. The molecular formula is C19H39FS2. The normalized spacial score (nSPS) is 15.0. The summed E-state index contributed by atoms with van der Waals surface area (Å²) in [5.41, 5.74) is 0. The van der Waals surface area contributed by atoms with Crippen molar-refractivity contribution in [2.24, 2.45) is 5.92 Å². The lowest BCUT2D eigenvalue weighted by Gasteiger charge is -2.28. The van der Waals surface area contributed by atoms with E-state index in [1.807, 2.05) is 21.6 Å². The monoisotopic (exact) mass is 350 g/mol. The molecule has 0 radical (unpaired) electrons. The van der Waals surface area contributed by atoms with Gasteiger partial charge in [0.15, 0.2) is 0 Å². The van der Waals surface area contributed by atoms with Crippen molar-refractivity contribution in [2.75, 3.05) is 6.67 Å². The molecule has 0 heterocycles. The van der Waals surface area contributed by atoms with Gasteiger partial charge in [0.2, 0.25) is 0 Å². The van der Waals surface area contributed by atoms with Crippen LogP contribution < -0.4 is 0 Å². The summed E-state index contributed by atoms with van der Waals surface area (Å²) in [5, 5.41) is 0.493. The Labute approximate surface area is 147 Å². The molecule has 0 N–H and O–H groups in total. The van der Waals surface area contributed by atoms with Crippen LogP contribution in [0.15, 0.2) is 0 Å². The topological polar surface area (TPSA) is 0 Å². The van der Waals surface area contributed by atoms with Crippen molar-refractivity contribution in [2.45, 2.75) is 109 Å². The zero-order chi connectivity index (χ0) is 16.8. The molecule has 134 valence electrons. The number of halogens is 1. The highest BCUT2D eigenvalue weighted by Gasteiger charge is 2.24. The molecule has 0 aliphatic carbocycles. The average Bonchev–Trinajstić information content (AvgIpc) is 2.45. The van der Waals surface area contributed by atoms with Crippen LogP contribution in [0.25, 0.3) is 0 Å². The number of hydrogen-bond donors (Lipinski definition) is 0. The highest BCUT2D eigenvalue weighted by Crippen LogP contribution is 2.43. The lowest BCUT2D eigenvalue weighted by Crippen LogP contribution is -2.19. The molecule has 0 aromatic carbocycles. The van der Waals surface area contributed by atoms with Gasteiger partial charge in [-0.2, -0.15) is 0 Å². The summed E-state index contributed by atoms with van der Waals surface area (Å²) < 4.78 is 13.3. The summed E-state index contributed by atoms with van der Waals surface area (Å²) in [4.78, 5) is 0. The van der Waals surface area contributed by atoms with E-state index in [9.17, 15) is 4.39 Å². The molecule has 0 aromatic heterocycles. The largest absolute Gasteiger partial charge is 0.251 e. The Hall–Kier alpha value is 0.630. The Morgan fingerprint density at radius 3 is 1.86 bits per heavy atom. The predicted molar refractivity (Wildman–Crippen MR) is 106 cm³/mol. The van der Waals surface area contributed by atoms with Gasteiger partial charge in [-0.3, -0.25) is 4.39 Å². The van der Waals surface area contributed by atoms with Crippen LogP contribution in [-0.2, 0) is 0 Å². The van der Waals surface area contributed by atoms with Crippen LogP contribution in [-0.4, -0.2) is 16.7 Å². The Balaban J connectivity index is 4.48. The van der Waals surface area contributed by atoms with E-state index < -0.39 is 0 Å². The first-order valence-corrected chi connectivity index (χ1v) is 11.6. The van der Waals surface area contributed by atoms with Crippen molar-refractivity contribution in [1.82, 2.24) is 0 Å². The predicted octanol–water partition coefficient (Wildman–Crippen LogP) is 8.06. The van der Waals surface area contributed by atoms with Crippen molar-refractivity contribution in [3.63, 3.8) is 0 Å². The standard InChI is InChI=1S/C19H39FS2/c1-6-8-10-12-14-17(13-11-9-7-2)18(15-16-20)21-22-19(3,4)5/h17-18H,6-16H2,1-5H3/t17?,18-/m0/s1. The van der Waals surface area contributed by atoms with Crippen LogP contribution in [0.3, 0.4) is 0 Å². The van der Waals surface area contributed by atoms with Crippen LogP contribution in [0.5, 0.6) is 0 Å². The first kappa shape index (κ1) is 22.6. The second-order valence-electron chi connectivity index (χ2n) is 7.41. The van der Waals surface area contributed by atoms with E-state index in [1.54, 1.807) is 0 Å².